The van der Waals surface area contributed by atoms with Crippen LogP contribution in [0.25, 0.3) is 0 Å². The summed E-state index contributed by atoms with van der Waals surface area (Å²) in [6.45, 7) is 1.69. The molecule has 0 spiro atoms. The Morgan fingerprint density at radius 3 is 2.70 bits per heavy atom. The summed E-state index contributed by atoms with van der Waals surface area (Å²) in [5.41, 5.74) is 6.72. The van der Waals surface area contributed by atoms with Gasteiger partial charge in [0.25, 0.3) is 0 Å². The molecule has 7 nitrogen and oxygen atoms in total. The number of benzene rings is 1. The quantitative estimate of drug-likeness (QED) is 0.807. The van der Waals surface area contributed by atoms with Crippen LogP contribution in [0, 0.1) is 0 Å². The third kappa shape index (κ3) is 3.21. The SMILES string of the molecule is COc1cccc(CN)c1NS(=O)(=O)N1CCOCC1. The van der Waals surface area contributed by atoms with Crippen molar-refractivity contribution < 1.29 is 17.9 Å². The Bertz CT molecular complexity index is 534. The summed E-state index contributed by atoms with van der Waals surface area (Å²) in [4.78, 5) is 0. The summed E-state index contributed by atoms with van der Waals surface area (Å²) in [6.07, 6.45) is 0. The molecule has 1 aromatic rings. The van der Waals surface area contributed by atoms with E-state index >= 15 is 0 Å². The number of hydrogen-bond acceptors (Lipinski definition) is 5. The first-order valence-electron chi connectivity index (χ1n) is 6.30. The van der Waals surface area contributed by atoms with Crippen molar-refractivity contribution >= 4 is 15.9 Å². The van der Waals surface area contributed by atoms with Crippen molar-refractivity contribution in [3.8, 4) is 5.75 Å². The molecule has 1 aliphatic rings. The zero-order valence-electron chi connectivity index (χ0n) is 11.3. The van der Waals surface area contributed by atoms with Crippen molar-refractivity contribution in [2.75, 3.05) is 38.1 Å². The molecule has 0 saturated carbocycles. The Morgan fingerprint density at radius 2 is 2.10 bits per heavy atom. The van der Waals surface area contributed by atoms with E-state index in [0.717, 1.165) is 0 Å². The molecule has 0 aromatic heterocycles. The van der Waals surface area contributed by atoms with Gasteiger partial charge in [0, 0.05) is 19.6 Å². The summed E-state index contributed by atoms with van der Waals surface area (Å²) >= 11 is 0. The second-order valence-electron chi connectivity index (χ2n) is 4.32. The Balaban J connectivity index is 2.28. The van der Waals surface area contributed by atoms with E-state index in [-0.39, 0.29) is 6.54 Å². The molecule has 0 bridgehead atoms. The van der Waals surface area contributed by atoms with E-state index in [1.165, 1.54) is 11.4 Å². The molecule has 2 rings (SSSR count). The van der Waals surface area contributed by atoms with Crippen LogP contribution in [0.5, 0.6) is 5.75 Å². The molecule has 0 atom stereocenters. The van der Waals surface area contributed by atoms with Crippen molar-refractivity contribution in [1.82, 2.24) is 4.31 Å². The van der Waals surface area contributed by atoms with E-state index in [1.54, 1.807) is 18.2 Å². The Hall–Kier alpha value is -1.35. The fourth-order valence-corrected chi connectivity index (χ4v) is 3.26. The highest BCUT2D eigenvalue weighted by atomic mass is 32.2. The lowest BCUT2D eigenvalue weighted by Gasteiger charge is -2.27. The highest BCUT2D eigenvalue weighted by Gasteiger charge is 2.26. The highest BCUT2D eigenvalue weighted by molar-refractivity contribution is 7.90. The fourth-order valence-electron chi connectivity index (χ4n) is 2.01. The van der Waals surface area contributed by atoms with Gasteiger partial charge in [0.2, 0.25) is 0 Å². The van der Waals surface area contributed by atoms with Crippen LogP contribution in [-0.4, -0.2) is 46.1 Å². The number of rotatable bonds is 5. The van der Waals surface area contributed by atoms with Crippen molar-refractivity contribution in [2.24, 2.45) is 5.73 Å². The first kappa shape index (κ1) is 15.0. The maximum atomic E-state index is 12.4. The minimum Gasteiger partial charge on any atom is -0.495 e. The molecule has 1 fully saturated rings. The summed E-state index contributed by atoms with van der Waals surface area (Å²) in [5.74, 6) is 0.449. The van der Waals surface area contributed by atoms with Crippen LogP contribution in [0.3, 0.4) is 0 Å². The van der Waals surface area contributed by atoms with Crippen LogP contribution in [0.15, 0.2) is 18.2 Å². The normalized spacial score (nSPS) is 16.9. The molecule has 0 radical (unpaired) electrons. The lowest BCUT2D eigenvalue weighted by molar-refractivity contribution is 0.0733. The van der Waals surface area contributed by atoms with Crippen LogP contribution in [0.1, 0.15) is 5.56 Å². The average molecular weight is 301 g/mol. The second kappa shape index (κ2) is 6.40. The summed E-state index contributed by atoms with van der Waals surface area (Å²) in [7, 11) is -2.15. The highest BCUT2D eigenvalue weighted by Crippen LogP contribution is 2.29. The van der Waals surface area contributed by atoms with Gasteiger partial charge in [-0.2, -0.15) is 12.7 Å². The van der Waals surface area contributed by atoms with Crippen molar-refractivity contribution in [2.45, 2.75) is 6.54 Å². The van der Waals surface area contributed by atoms with Crippen LogP contribution in [0.2, 0.25) is 0 Å². The van der Waals surface area contributed by atoms with Gasteiger partial charge < -0.3 is 15.2 Å². The first-order chi connectivity index (χ1) is 9.58. The fraction of sp³-hybridized carbons (Fsp3) is 0.500. The van der Waals surface area contributed by atoms with Gasteiger partial charge in [-0.15, -0.1) is 0 Å². The van der Waals surface area contributed by atoms with E-state index in [9.17, 15) is 8.42 Å². The zero-order chi connectivity index (χ0) is 14.6. The number of hydrogen-bond donors (Lipinski definition) is 2. The molecule has 0 aliphatic carbocycles. The van der Waals surface area contributed by atoms with Crippen LogP contribution in [0.4, 0.5) is 5.69 Å². The van der Waals surface area contributed by atoms with Crippen molar-refractivity contribution in [3.05, 3.63) is 23.8 Å². The molecule has 20 heavy (non-hydrogen) atoms. The van der Waals surface area contributed by atoms with Gasteiger partial charge in [0.1, 0.15) is 5.75 Å². The number of nitrogens with zero attached hydrogens (tertiary/aromatic N) is 1. The Kier molecular flexibility index (Phi) is 4.81. The van der Waals surface area contributed by atoms with Gasteiger partial charge in [0.15, 0.2) is 0 Å². The van der Waals surface area contributed by atoms with Crippen LogP contribution in [-0.2, 0) is 21.5 Å². The van der Waals surface area contributed by atoms with Crippen LogP contribution >= 0.6 is 0 Å². The zero-order valence-corrected chi connectivity index (χ0v) is 12.1. The monoisotopic (exact) mass is 301 g/mol. The van der Waals surface area contributed by atoms with Gasteiger partial charge in [0.05, 0.1) is 26.0 Å². The number of anilines is 1. The number of methoxy groups -OCH3 is 1. The van der Waals surface area contributed by atoms with Crippen molar-refractivity contribution in [3.63, 3.8) is 0 Å². The van der Waals surface area contributed by atoms with E-state index in [1.807, 2.05) is 0 Å². The van der Waals surface area contributed by atoms with Gasteiger partial charge in [-0.25, -0.2) is 0 Å². The molecule has 112 valence electrons. The maximum absolute atomic E-state index is 12.4. The number of ether oxygens (including phenoxy) is 2. The molecule has 1 saturated heterocycles. The molecule has 0 unspecified atom stereocenters. The van der Waals surface area contributed by atoms with Crippen molar-refractivity contribution in [1.29, 1.82) is 0 Å². The van der Waals surface area contributed by atoms with Gasteiger partial charge in [-0.05, 0) is 11.6 Å². The van der Waals surface area contributed by atoms with Crippen LogP contribution < -0.4 is 15.2 Å². The summed E-state index contributed by atoms with van der Waals surface area (Å²) in [6, 6.07) is 5.23. The third-order valence-corrected chi connectivity index (χ3v) is 4.60. The smallest absolute Gasteiger partial charge is 0.301 e. The number of nitrogens with one attached hydrogen (secondary N) is 1. The van der Waals surface area contributed by atoms with Gasteiger partial charge in [-0.3, -0.25) is 4.72 Å². The lowest BCUT2D eigenvalue weighted by atomic mass is 10.1. The minimum absolute atomic E-state index is 0.220. The lowest BCUT2D eigenvalue weighted by Crippen LogP contribution is -2.43. The summed E-state index contributed by atoms with van der Waals surface area (Å²) < 4.78 is 39.0. The largest absolute Gasteiger partial charge is 0.495 e. The van der Waals surface area contributed by atoms with E-state index < -0.39 is 10.2 Å². The number of nitrogens with two attached hydrogens (primary N) is 1. The number of para-hydroxylation sites is 1. The van der Waals surface area contributed by atoms with Gasteiger partial charge in [-0.1, -0.05) is 12.1 Å². The molecule has 1 heterocycles. The van der Waals surface area contributed by atoms with Gasteiger partial charge >= 0.3 is 10.2 Å². The topological polar surface area (TPSA) is 93.9 Å². The molecule has 8 heteroatoms. The Labute approximate surface area is 118 Å². The average Bonchev–Trinajstić information content (AvgIpc) is 2.48. The number of morpholine rings is 1. The predicted molar refractivity (Wildman–Crippen MR) is 75.8 cm³/mol. The van der Waals surface area contributed by atoms with E-state index in [0.29, 0.717) is 43.3 Å². The predicted octanol–water partition coefficient (Wildman–Crippen LogP) is 0.143. The minimum atomic E-state index is -3.63. The summed E-state index contributed by atoms with van der Waals surface area (Å²) in [5, 5.41) is 0. The standard InChI is InChI=1S/C12H19N3O4S/c1-18-11-4-2-3-10(9-13)12(11)14-20(16,17)15-5-7-19-8-6-15/h2-4,14H,5-9,13H2,1H3. The second-order valence-corrected chi connectivity index (χ2v) is 5.99. The molecular formula is C12H19N3O4S. The molecular weight excluding hydrogens is 282 g/mol. The maximum Gasteiger partial charge on any atom is 0.301 e. The first-order valence-corrected chi connectivity index (χ1v) is 7.74. The molecule has 0 amide bonds. The third-order valence-electron chi connectivity index (χ3n) is 3.09. The molecule has 1 aliphatic heterocycles. The van der Waals surface area contributed by atoms with E-state index in [4.69, 9.17) is 15.2 Å². The molecule has 1 aromatic carbocycles. The Morgan fingerprint density at radius 1 is 1.40 bits per heavy atom. The van der Waals surface area contributed by atoms with E-state index in [2.05, 4.69) is 4.72 Å². The molecule has 3 N–H and O–H groups in total.